The topological polar surface area (TPSA) is 32.7 Å². The number of carbonyl (C=O) groups excluding carboxylic acids is 1. The van der Waals surface area contributed by atoms with Crippen LogP contribution >= 0.6 is 0 Å². The van der Waals surface area contributed by atoms with Crippen molar-refractivity contribution in [1.82, 2.24) is 0 Å². The second-order valence-corrected chi connectivity index (χ2v) is 6.10. The minimum absolute atomic E-state index is 0.0386. The zero-order valence-electron chi connectivity index (χ0n) is 13.9. The van der Waals surface area contributed by atoms with Gasteiger partial charge in [-0.3, -0.25) is 9.80 Å². The second-order valence-electron chi connectivity index (χ2n) is 6.10. The van der Waals surface area contributed by atoms with E-state index in [1.54, 1.807) is 12.2 Å². The van der Waals surface area contributed by atoms with Crippen LogP contribution in [0.2, 0.25) is 0 Å². The smallest absolute Gasteiger partial charge is 0.186 e. The van der Waals surface area contributed by atoms with Gasteiger partial charge < -0.3 is 0 Å². The highest BCUT2D eigenvalue weighted by atomic mass is 16.1. The molecule has 0 unspecified atom stereocenters. The van der Waals surface area contributed by atoms with E-state index in [-0.39, 0.29) is 5.78 Å². The fourth-order valence-corrected chi connectivity index (χ4v) is 2.86. The predicted octanol–water partition coefficient (Wildman–Crippen LogP) is 4.20. The third-order valence-corrected chi connectivity index (χ3v) is 3.95. The zero-order chi connectivity index (χ0) is 16.6. The van der Waals surface area contributed by atoms with Gasteiger partial charge in [-0.15, -0.1) is 0 Å². The molecule has 1 aliphatic carbocycles. The van der Waals surface area contributed by atoms with E-state index < -0.39 is 0 Å². The van der Waals surface area contributed by atoms with Gasteiger partial charge in [-0.1, -0.05) is 23.8 Å². The molecule has 0 N–H and O–H groups in total. The van der Waals surface area contributed by atoms with Crippen LogP contribution in [0.1, 0.15) is 32.6 Å². The van der Waals surface area contributed by atoms with Crippen LogP contribution < -0.4 is 5.01 Å². The number of hydrazone groups is 1. The molecule has 0 amide bonds. The largest absolute Gasteiger partial charge is 0.289 e. The van der Waals surface area contributed by atoms with Gasteiger partial charge in [-0.05, 0) is 62.2 Å². The average Bonchev–Trinajstić information content (AvgIpc) is 2.49. The van der Waals surface area contributed by atoms with Crippen LogP contribution in [0.3, 0.4) is 0 Å². The van der Waals surface area contributed by atoms with Crippen molar-refractivity contribution in [3.05, 3.63) is 76.4 Å². The van der Waals surface area contributed by atoms with Gasteiger partial charge in [-0.25, -0.2) is 0 Å². The second kappa shape index (κ2) is 5.84. The first-order valence-electron chi connectivity index (χ1n) is 7.68. The van der Waals surface area contributed by atoms with Gasteiger partial charge in [0.05, 0.1) is 11.4 Å². The quantitative estimate of drug-likeness (QED) is 0.779. The van der Waals surface area contributed by atoms with E-state index in [0.29, 0.717) is 0 Å². The molecular formula is C20H20N2O. The Morgan fingerprint density at radius 1 is 0.826 bits per heavy atom. The standard InChI is InChI=1S/C20H20N2O/c1-13-5-6-17-18(12-13)20(23)8-7-19(17)21-22(4)16-10-14(2)9-15(3)11-16/h5-12H,1-4H3/b21-19+. The van der Waals surface area contributed by atoms with Crippen molar-refractivity contribution in [2.45, 2.75) is 20.8 Å². The Morgan fingerprint density at radius 2 is 1.52 bits per heavy atom. The van der Waals surface area contributed by atoms with Crippen LogP contribution in [-0.2, 0) is 0 Å². The summed E-state index contributed by atoms with van der Waals surface area (Å²) in [7, 11) is 1.93. The van der Waals surface area contributed by atoms with Crippen molar-refractivity contribution in [2.24, 2.45) is 5.10 Å². The average molecular weight is 304 g/mol. The number of anilines is 1. The number of nitrogens with zero attached hydrogens (tertiary/aromatic N) is 2. The molecule has 116 valence electrons. The minimum atomic E-state index is 0.0386. The maximum atomic E-state index is 12.1. The van der Waals surface area contributed by atoms with Gasteiger partial charge in [0.2, 0.25) is 0 Å². The van der Waals surface area contributed by atoms with Crippen LogP contribution in [0.5, 0.6) is 0 Å². The zero-order valence-corrected chi connectivity index (χ0v) is 13.9. The lowest BCUT2D eigenvalue weighted by Gasteiger charge is -2.19. The minimum Gasteiger partial charge on any atom is -0.289 e. The molecule has 0 aliphatic heterocycles. The molecule has 0 fully saturated rings. The van der Waals surface area contributed by atoms with E-state index in [1.165, 1.54) is 11.1 Å². The highest BCUT2D eigenvalue weighted by Crippen LogP contribution is 2.22. The summed E-state index contributed by atoms with van der Waals surface area (Å²) in [5.74, 6) is 0.0386. The number of hydrogen-bond donors (Lipinski definition) is 0. The Hall–Kier alpha value is -2.68. The van der Waals surface area contributed by atoms with Crippen molar-refractivity contribution in [2.75, 3.05) is 12.1 Å². The van der Waals surface area contributed by atoms with E-state index in [2.05, 4.69) is 32.0 Å². The lowest BCUT2D eigenvalue weighted by Crippen LogP contribution is -2.18. The molecule has 0 heterocycles. The highest BCUT2D eigenvalue weighted by molar-refractivity contribution is 6.24. The van der Waals surface area contributed by atoms with Crippen molar-refractivity contribution >= 4 is 17.2 Å². The molecule has 1 aliphatic rings. The Kier molecular flexibility index (Phi) is 3.87. The summed E-state index contributed by atoms with van der Waals surface area (Å²) in [4.78, 5) is 12.1. The maximum Gasteiger partial charge on any atom is 0.186 e. The van der Waals surface area contributed by atoms with Crippen LogP contribution in [0.4, 0.5) is 5.69 Å². The van der Waals surface area contributed by atoms with Gasteiger partial charge in [0.15, 0.2) is 5.78 Å². The Labute approximate surface area is 136 Å². The summed E-state index contributed by atoms with van der Waals surface area (Å²) in [5.41, 5.74) is 6.94. The monoisotopic (exact) mass is 304 g/mol. The fraction of sp³-hybridized carbons (Fsp3) is 0.200. The van der Waals surface area contributed by atoms with Gasteiger partial charge in [-0.2, -0.15) is 5.10 Å². The molecule has 0 spiro atoms. The van der Waals surface area contributed by atoms with E-state index in [1.807, 2.05) is 37.2 Å². The normalized spacial score (nSPS) is 15.0. The summed E-state index contributed by atoms with van der Waals surface area (Å²) >= 11 is 0. The van der Waals surface area contributed by atoms with Gasteiger partial charge in [0.25, 0.3) is 0 Å². The molecule has 0 atom stereocenters. The van der Waals surface area contributed by atoms with Crippen LogP contribution in [-0.4, -0.2) is 18.5 Å². The molecule has 3 nitrogen and oxygen atoms in total. The number of aryl methyl sites for hydroxylation is 3. The summed E-state index contributed by atoms with van der Waals surface area (Å²) in [5, 5.41) is 6.57. The maximum absolute atomic E-state index is 12.1. The molecule has 2 aromatic carbocycles. The molecule has 3 rings (SSSR count). The first-order chi connectivity index (χ1) is 10.9. The summed E-state index contributed by atoms with van der Waals surface area (Å²) in [6.07, 6.45) is 3.38. The molecule has 0 aromatic heterocycles. The predicted molar refractivity (Wildman–Crippen MR) is 95.5 cm³/mol. The van der Waals surface area contributed by atoms with Crippen molar-refractivity contribution in [3.63, 3.8) is 0 Å². The molecule has 2 aromatic rings. The third kappa shape index (κ3) is 3.09. The van der Waals surface area contributed by atoms with E-state index in [0.717, 1.165) is 28.1 Å². The number of benzene rings is 2. The number of fused-ring (bicyclic) bond motifs is 1. The summed E-state index contributed by atoms with van der Waals surface area (Å²) in [6, 6.07) is 12.3. The fourth-order valence-electron chi connectivity index (χ4n) is 2.86. The Balaban J connectivity index is 2.03. The molecule has 23 heavy (non-hydrogen) atoms. The molecule has 0 radical (unpaired) electrons. The number of rotatable bonds is 2. The highest BCUT2D eigenvalue weighted by Gasteiger charge is 2.18. The van der Waals surface area contributed by atoms with Gasteiger partial charge in [0.1, 0.15) is 0 Å². The van der Waals surface area contributed by atoms with Crippen LogP contribution in [0, 0.1) is 20.8 Å². The van der Waals surface area contributed by atoms with E-state index in [4.69, 9.17) is 5.10 Å². The van der Waals surface area contributed by atoms with Crippen LogP contribution in [0.25, 0.3) is 0 Å². The number of ketones is 1. The van der Waals surface area contributed by atoms with Crippen LogP contribution in [0.15, 0.2) is 53.7 Å². The Bertz CT molecular complexity index is 826. The summed E-state index contributed by atoms with van der Waals surface area (Å²) in [6.45, 7) is 6.15. The number of hydrogen-bond acceptors (Lipinski definition) is 3. The van der Waals surface area contributed by atoms with Crippen molar-refractivity contribution < 1.29 is 4.79 Å². The van der Waals surface area contributed by atoms with Crippen molar-refractivity contribution in [1.29, 1.82) is 0 Å². The van der Waals surface area contributed by atoms with Crippen molar-refractivity contribution in [3.8, 4) is 0 Å². The number of allylic oxidation sites excluding steroid dienone is 2. The van der Waals surface area contributed by atoms with E-state index >= 15 is 0 Å². The lowest BCUT2D eigenvalue weighted by molar-refractivity contribution is 0.104. The molecule has 0 bridgehead atoms. The van der Waals surface area contributed by atoms with Gasteiger partial charge in [0, 0.05) is 18.2 Å². The van der Waals surface area contributed by atoms with Gasteiger partial charge >= 0.3 is 0 Å². The first kappa shape index (κ1) is 15.2. The Morgan fingerprint density at radius 3 is 2.22 bits per heavy atom. The number of carbonyl (C=O) groups is 1. The first-order valence-corrected chi connectivity index (χ1v) is 7.68. The molecule has 0 saturated carbocycles. The molecular weight excluding hydrogens is 284 g/mol. The lowest BCUT2D eigenvalue weighted by atomic mass is 9.93. The molecule has 0 saturated heterocycles. The third-order valence-electron chi connectivity index (χ3n) is 3.95. The SMILES string of the molecule is Cc1cc(C)cc(N(C)/N=C2\C=CC(=O)c3cc(C)ccc32)c1. The summed E-state index contributed by atoms with van der Waals surface area (Å²) < 4.78 is 0. The van der Waals surface area contributed by atoms with E-state index in [9.17, 15) is 4.79 Å². The molecule has 3 heteroatoms.